The van der Waals surface area contributed by atoms with Gasteiger partial charge in [0.2, 0.25) is 5.91 Å². The van der Waals surface area contributed by atoms with E-state index >= 15 is 0 Å². The third-order valence-electron chi connectivity index (χ3n) is 5.91. The number of phenols is 1. The highest BCUT2D eigenvalue weighted by Gasteiger charge is 2.24. The van der Waals surface area contributed by atoms with E-state index in [1.807, 2.05) is 42.5 Å². The van der Waals surface area contributed by atoms with E-state index < -0.39 is 6.10 Å². The zero-order valence-electron chi connectivity index (χ0n) is 17.4. The number of carbonyl (C=O) groups excluding carboxylic acids is 1. The highest BCUT2D eigenvalue weighted by Crippen LogP contribution is 2.34. The number of rotatable bonds is 7. The number of likely N-dealkylation sites (tertiary alicyclic amines) is 1. The van der Waals surface area contributed by atoms with Gasteiger partial charge in [0.15, 0.2) is 0 Å². The van der Waals surface area contributed by atoms with Gasteiger partial charge in [-0.1, -0.05) is 36.4 Å². The first-order valence-corrected chi connectivity index (χ1v) is 10.6. The molecule has 0 aliphatic carbocycles. The van der Waals surface area contributed by atoms with Gasteiger partial charge in [0, 0.05) is 12.5 Å². The molecule has 4 rings (SSSR count). The summed E-state index contributed by atoms with van der Waals surface area (Å²) in [4.78, 5) is 13.5. The van der Waals surface area contributed by atoms with Gasteiger partial charge in [-0.25, -0.2) is 0 Å². The topological polar surface area (TPSA) is 96.0 Å². The molecule has 0 bridgehead atoms. The summed E-state index contributed by atoms with van der Waals surface area (Å²) in [6.07, 6.45) is 0.849. The van der Waals surface area contributed by atoms with Crippen molar-refractivity contribution in [1.82, 2.24) is 4.90 Å². The molecule has 3 aromatic carbocycles. The minimum Gasteiger partial charge on any atom is -0.508 e. The number of benzene rings is 3. The van der Waals surface area contributed by atoms with E-state index in [1.165, 1.54) is 0 Å². The van der Waals surface area contributed by atoms with Crippen molar-refractivity contribution >= 4 is 16.7 Å². The first kappa shape index (κ1) is 21.2. The second kappa shape index (κ2) is 9.37. The summed E-state index contributed by atoms with van der Waals surface area (Å²) >= 11 is 0. The van der Waals surface area contributed by atoms with Crippen LogP contribution in [0.1, 0.15) is 12.8 Å². The number of primary amides is 1. The number of aliphatic hydroxyl groups excluding tert-OH is 1. The Kier molecular flexibility index (Phi) is 6.39. The maximum absolute atomic E-state index is 11.3. The van der Waals surface area contributed by atoms with E-state index in [4.69, 9.17) is 10.5 Å². The molecule has 162 valence electrons. The van der Waals surface area contributed by atoms with Crippen LogP contribution >= 0.6 is 0 Å². The summed E-state index contributed by atoms with van der Waals surface area (Å²) in [6.45, 7) is 2.20. The Labute approximate surface area is 181 Å². The molecule has 0 aromatic heterocycles. The van der Waals surface area contributed by atoms with Crippen molar-refractivity contribution in [3.8, 4) is 22.6 Å². The normalized spacial score (nSPS) is 16.3. The molecule has 0 saturated carbocycles. The van der Waals surface area contributed by atoms with Crippen LogP contribution < -0.4 is 10.5 Å². The van der Waals surface area contributed by atoms with Crippen molar-refractivity contribution in [2.24, 2.45) is 11.7 Å². The van der Waals surface area contributed by atoms with Gasteiger partial charge in [0.25, 0.3) is 0 Å². The third-order valence-corrected chi connectivity index (χ3v) is 5.91. The average Bonchev–Trinajstić information content (AvgIpc) is 2.78. The second-order valence-corrected chi connectivity index (χ2v) is 8.18. The smallest absolute Gasteiger partial charge is 0.220 e. The molecular formula is C25H28N2O4. The van der Waals surface area contributed by atoms with Crippen LogP contribution in [0, 0.1) is 5.92 Å². The standard InChI is InChI=1S/C25H28N2O4/c26-25(30)18-9-11-27(12-10-18)15-21(29)16-31-22-13-19-3-1-2-4-23(19)24(14-22)17-5-7-20(28)8-6-17/h1-8,13-14,18,21,28-29H,9-12,15-16H2,(H2,26,30). The maximum Gasteiger partial charge on any atom is 0.220 e. The minimum atomic E-state index is -0.631. The lowest BCUT2D eigenvalue weighted by Crippen LogP contribution is -2.43. The highest BCUT2D eigenvalue weighted by atomic mass is 16.5. The van der Waals surface area contributed by atoms with Crippen LogP contribution in [-0.4, -0.2) is 53.4 Å². The average molecular weight is 421 g/mol. The number of aliphatic hydroxyl groups is 1. The molecule has 31 heavy (non-hydrogen) atoms. The van der Waals surface area contributed by atoms with Crippen molar-refractivity contribution in [3.63, 3.8) is 0 Å². The van der Waals surface area contributed by atoms with E-state index in [0.29, 0.717) is 12.3 Å². The van der Waals surface area contributed by atoms with Crippen LogP contribution in [0.3, 0.4) is 0 Å². The third kappa shape index (κ3) is 5.16. The van der Waals surface area contributed by atoms with E-state index in [9.17, 15) is 15.0 Å². The molecule has 1 aliphatic rings. The number of fused-ring (bicyclic) bond motifs is 1. The Morgan fingerprint density at radius 1 is 1.10 bits per heavy atom. The number of β-amino-alcohol motifs (C(OH)–C–C–N with tert-alkyl or cyclic N) is 1. The monoisotopic (exact) mass is 420 g/mol. The maximum atomic E-state index is 11.3. The number of phenolic OH excluding ortho intramolecular Hbond substituents is 1. The molecule has 1 fully saturated rings. The summed E-state index contributed by atoms with van der Waals surface area (Å²) in [5, 5.41) is 22.2. The molecule has 0 radical (unpaired) electrons. The van der Waals surface area contributed by atoms with Gasteiger partial charge in [-0.15, -0.1) is 0 Å². The van der Waals surface area contributed by atoms with Gasteiger partial charge >= 0.3 is 0 Å². The summed E-state index contributed by atoms with van der Waals surface area (Å²) in [7, 11) is 0. The van der Waals surface area contributed by atoms with Gasteiger partial charge in [-0.3, -0.25) is 4.79 Å². The van der Waals surface area contributed by atoms with Crippen LogP contribution in [0.25, 0.3) is 21.9 Å². The van der Waals surface area contributed by atoms with E-state index in [0.717, 1.165) is 47.8 Å². The fourth-order valence-electron chi connectivity index (χ4n) is 4.19. The van der Waals surface area contributed by atoms with E-state index in [-0.39, 0.29) is 24.2 Å². The number of amides is 1. The summed E-state index contributed by atoms with van der Waals surface area (Å²) < 4.78 is 5.96. The number of hydrogen-bond acceptors (Lipinski definition) is 5. The highest BCUT2D eigenvalue weighted by molar-refractivity contribution is 5.97. The number of aromatic hydroxyl groups is 1. The zero-order chi connectivity index (χ0) is 21.8. The second-order valence-electron chi connectivity index (χ2n) is 8.18. The van der Waals surface area contributed by atoms with Gasteiger partial charge in [-0.2, -0.15) is 0 Å². The van der Waals surface area contributed by atoms with Crippen molar-refractivity contribution in [1.29, 1.82) is 0 Å². The fourth-order valence-corrected chi connectivity index (χ4v) is 4.19. The molecule has 1 heterocycles. The Morgan fingerprint density at radius 3 is 2.52 bits per heavy atom. The predicted octanol–water partition coefficient (Wildman–Crippen LogP) is 3.15. The quantitative estimate of drug-likeness (QED) is 0.546. The number of piperidine rings is 1. The summed E-state index contributed by atoms with van der Waals surface area (Å²) in [5.74, 6) is 0.626. The molecular weight excluding hydrogens is 392 g/mol. The zero-order valence-corrected chi connectivity index (χ0v) is 17.4. The van der Waals surface area contributed by atoms with Gasteiger partial charge in [0.05, 0.1) is 0 Å². The number of nitrogens with two attached hydrogens (primary N) is 1. The van der Waals surface area contributed by atoms with Crippen molar-refractivity contribution in [2.75, 3.05) is 26.2 Å². The molecule has 1 saturated heterocycles. The van der Waals surface area contributed by atoms with Crippen molar-refractivity contribution in [3.05, 3.63) is 60.7 Å². The van der Waals surface area contributed by atoms with Crippen LogP contribution in [0.15, 0.2) is 60.7 Å². The van der Waals surface area contributed by atoms with E-state index in [1.54, 1.807) is 12.1 Å². The van der Waals surface area contributed by atoms with Crippen LogP contribution in [0.5, 0.6) is 11.5 Å². The first-order chi connectivity index (χ1) is 15.0. The van der Waals surface area contributed by atoms with Crippen molar-refractivity contribution in [2.45, 2.75) is 18.9 Å². The van der Waals surface area contributed by atoms with Crippen molar-refractivity contribution < 1.29 is 19.7 Å². The number of hydrogen-bond donors (Lipinski definition) is 3. The molecule has 1 aliphatic heterocycles. The summed E-state index contributed by atoms with van der Waals surface area (Å²) in [6, 6.07) is 19.1. The van der Waals surface area contributed by atoms with Gasteiger partial charge in [0.1, 0.15) is 24.2 Å². The number of nitrogens with zero attached hydrogens (tertiary/aromatic N) is 1. The minimum absolute atomic E-state index is 0.0550. The van der Waals surface area contributed by atoms with Crippen LogP contribution in [-0.2, 0) is 4.79 Å². The molecule has 0 spiro atoms. The molecule has 4 N–H and O–H groups in total. The molecule has 6 heteroatoms. The fraction of sp³-hybridized carbons (Fsp3) is 0.320. The van der Waals surface area contributed by atoms with Gasteiger partial charge < -0.3 is 25.6 Å². The largest absolute Gasteiger partial charge is 0.508 e. The predicted molar refractivity (Wildman–Crippen MR) is 121 cm³/mol. The first-order valence-electron chi connectivity index (χ1n) is 10.6. The summed E-state index contributed by atoms with van der Waals surface area (Å²) in [5.41, 5.74) is 7.38. The Bertz CT molecular complexity index is 1040. The molecule has 3 aromatic rings. The Hall–Kier alpha value is -3.09. The van der Waals surface area contributed by atoms with Crippen LogP contribution in [0.4, 0.5) is 0 Å². The van der Waals surface area contributed by atoms with E-state index in [2.05, 4.69) is 11.0 Å². The Balaban J connectivity index is 1.44. The van der Waals surface area contributed by atoms with Crippen LogP contribution in [0.2, 0.25) is 0 Å². The number of carbonyl (C=O) groups is 1. The molecule has 6 nitrogen and oxygen atoms in total. The lowest BCUT2D eigenvalue weighted by atomic mass is 9.96. The molecule has 1 unspecified atom stereocenters. The SMILES string of the molecule is NC(=O)C1CCN(CC(O)COc2cc(-c3ccc(O)cc3)c3ccccc3c2)CC1. The Morgan fingerprint density at radius 2 is 1.81 bits per heavy atom. The lowest BCUT2D eigenvalue weighted by Gasteiger charge is -2.31. The van der Waals surface area contributed by atoms with Gasteiger partial charge in [-0.05, 0) is 72.1 Å². The number of ether oxygens (including phenoxy) is 1. The lowest BCUT2D eigenvalue weighted by molar-refractivity contribution is -0.123. The molecule has 1 amide bonds. The molecule has 1 atom stereocenters.